The fourth-order valence-electron chi connectivity index (χ4n) is 2.59. The fraction of sp³-hybridized carbons (Fsp3) is 0.235. The van der Waals surface area contributed by atoms with Crippen molar-refractivity contribution in [2.45, 2.75) is 19.7 Å². The monoisotopic (exact) mass is 300 g/mol. The number of alkyl halides is 1. The molecule has 0 bridgehead atoms. The van der Waals surface area contributed by atoms with Crippen LogP contribution in [0.15, 0.2) is 36.5 Å². The summed E-state index contributed by atoms with van der Waals surface area (Å²) in [4.78, 5) is 4.75. The number of benzene rings is 1. The third-order valence-corrected chi connectivity index (χ3v) is 4.06. The van der Waals surface area contributed by atoms with E-state index >= 15 is 0 Å². The molecule has 0 aliphatic heterocycles. The lowest BCUT2D eigenvalue weighted by atomic mass is 10.1. The van der Waals surface area contributed by atoms with Crippen molar-refractivity contribution in [3.8, 4) is 17.0 Å². The van der Waals surface area contributed by atoms with Crippen molar-refractivity contribution in [3.63, 3.8) is 0 Å². The first kappa shape index (κ1) is 14.0. The molecule has 0 N–H and O–H groups in total. The molecule has 21 heavy (non-hydrogen) atoms. The molecule has 0 aliphatic carbocycles. The Morgan fingerprint density at radius 3 is 2.67 bits per heavy atom. The van der Waals surface area contributed by atoms with Crippen molar-refractivity contribution >= 4 is 17.2 Å². The number of rotatable bonds is 3. The van der Waals surface area contributed by atoms with Crippen LogP contribution in [-0.2, 0) is 5.88 Å². The van der Waals surface area contributed by atoms with Crippen LogP contribution in [-0.4, -0.2) is 16.5 Å². The fourth-order valence-corrected chi connectivity index (χ4v) is 2.76. The SMILES string of the molecule is COc1ccc(-c2nc3cc(CCl)ccn3c2C)cc1C. The quantitative estimate of drug-likeness (QED) is 0.672. The number of hydrogen-bond acceptors (Lipinski definition) is 2. The van der Waals surface area contributed by atoms with Crippen LogP contribution < -0.4 is 4.74 Å². The number of nitrogens with zero attached hydrogens (tertiary/aromatic N) is 2. The van der Waals surface area contributed by atoms with Crippen molar-refractivity contribution in [2.75, 3.05) is 7.11 Å². The normalized spacial score (nSPS) is 11.0. The van der Waals surface area contributed by atoms with E-state index in [1.165, 1.54) is 0 Å². The van der Waals surface area contributed by atoms with Gasteiger partial charge in [-0.25, -0.2) is 4.98 Å². The number of imidazole rings is 1. The van der Waals surface area contributed by atoms with Crippen molar-refractivity contribution in [3.05, 3.63) is 53.3 Å². The van der Waals surface area contributed by atoms with Crippen molar-refractivity contribution < 1.29 is 4.74 Å². The second kappa shape index (κ2) is 5.41. The maximum absolute atomic E-state index is 5.89. The van der Waals surface area contributed by atoms with Crippen molar-refractivity contribution in [2.24, 2.45) is 0 Å². The van der Waals surface area contributed by atoms with E-state index in [1.807, 2.05) is 37.4 Å². The molecule has 1 aromatic carbocycles. The van der Waals surface area contributed by atoms with E-state index in [0.29, 0.717) is 5.88 Å². The molecule has 0 amide bonds. The standard InChI is InChI=1S/C17H17ClN2O/c1-11-8-14(4-5-15(11)21-3)17-12(2)20-7-6-13(10-18)9-16(20)19-17/h4-9H,10H2,1-3H3. The molecule has 0 atom stereocenters. The first-order valence-electron chi connectivity index (χ1n) is 6.82. The Hall–Kier alpha value is -2.00. The van der Waals surface area contributed by atoms with Gasteiger partial charge in [0, 0.05) is 23.3 Å². The van der Waals surface area contributed by atoms with Gasteiger partial charge in [0.15, 0.2) is 0 Å². The third kappa shape index (κ3) is 2.38. The predicted octanol–water partition coefficient (Wildman–Crippen LogP) is 4.37. The maximum atomic E-state index is 5.89. The lowest BCUT2D eigenvalue weighted by molar-refractivity contribution is 0.412. The van der Waals surface area contributed by atoms with E-state index < -0.39 is 0 Å². The van der Waals surface area contributed by atoms with Crippen LogP contribution in [0.25, 0.3) is 16.9 Å². The first-order chi connectivity index (χ1) is 10.1. The van der Waals surface area contributed by atoms with Gasteiger partial charge in [-0.15, -0.1) is 11.6 Å². The Balaban J connectivity index is 2.16. The summed E-state index contributed by atoms with van der Waals surface area (Å²) in [6, 6.07) is 10.2. The minimum Gasteiger partial charge on any atom is -0.496 e. The van der Waals surface area contributed by atoms with E-state index in [-0.39, 0.29) is 0 Å². The molecule has 0 radical (unpaired) electrons. The van der Waals surface area contributed by atoms with Gasteiger partial charge in [0.2, 0.25) is 0 Å². The molecule has 4 heteroatoms. The van der Waals surface area contributed by atoms with Crippen LogP contribution in [0.2, 0.25) is 0 Å². The Bertz CT molecular complexity index is 808. The predicted molar refractivity (Wildman–Crippen MR) is 86.2 cm³/mol. The molecule has 0 unspecified atom stereocenters. The summed E-state index contributed by atoms with van der Waals surface area (Å²) >= 11 is 5.89. The summed E-state index contributed by atoms with van der Waals surface area (Å²) in [6.07, 6.45) is 2.02. The summed E-state index contributed by atoms with van der Waals surface area (Å²) in [6.45, 7) is 4.12. The lowest BCUT2D eigenvalue weighted by Gasteiger charge is -2.06. The van der Waals surface area contributed by atoms with Gasteiger partial charge >= 0.3 is 0 Å². The second-order valence-corrected chi connectivity index (χ2v) is 5.39. The van der Waals surface area contributed by atoms with E-state index in [2.05, 4.69) is 17.4 Å². The molecule has 2 aromatic heterocycles. The highest BCUT2D eigenvalue weighted by Gasteiger charge is 2.12. The van der Waals surface area contributed by atoms with Gasteiger partial charge in [-0.3, -0.25) is 0 Å². The summed E-state index contributed by atoms with van der Waals surface area (Å²) in [5, 5.41) is 0. The molecule has 0 aliphatic rings. The number of ether oxygens (including phenoxy) is 1. The Kier molecular flexibility index (Phi) is 3.60. The lowest BCUT2D eigenvalue weighted by Crippen LogP contribution is -1.90. The number of halogens is 1. The number of aromatic nitrogens is 2. The van der Waals surface area contributed by atoms with Crippen LogP contribution in [0.5, 0.6) is 5.75 Å². The zero-order chi connectivity index (χ0) is 15.0. The summed E-state index contributed by atoms with van der Waals surface area (Å²) < 4.78 is 7.40. The van der Waals surface area contributed by atoms with Gasteiger partial charge in [-0.05, 0) is 55.3 Å². The average molecular weight is 301 g/mol. The van der Waals surface area contributed by atoms with Gasteiger partial charge in [0.1, 0.15) is 11.4 Å². The molecular weight excluding hydrogens is 284 g/mol. The highest BCUT2D eigenvalue weighted by atomic mass is 35.5. The van der Waals surface area contributed by atoms with Gasteiger partial charge < -0.3 is 9.14 Å². The van der Waals surface area contributed by atoms with Gasteiger partial charge in [0.25, 0.3) is 0 Å². The van der Waals surface area contributed by atoms with Gasteiger partial charge in [-0.2, -0.15) is 0 Å². The molecule has 3 rings (SSSR count). The molecule has 0 saturated heterocycles. The van der Waals surface area contributed by atoms with E-state index in [4.69, 9.17) is 21.3 Å². The molecule has 0 fully saturated rings. The van der Waals surface area contributed by atoms with Crippen LogP contribution in [0.1, 0.15) is 16.8 Å². The first-order valence-corrected chi connectivity index (χ1v) is 7.36. The summed E-state index contributed by atoms with van der Waals surface area (Å²) in [5.74, 6) is 1.39. The second-order valence-electron chi connectivity index (χ2n) is 5.13. The van der Waals surface area contributed by atoms with Crippen molar-refractivity contribution in [1.29, 1.82) is 0 Å². The highest BCUT2D eigenvalue weighted by molar-refractivity contribution is 6.17. The summed E-state index contributed by atoms with van der Waals surface area (Å²) in [5.41, 5.74) is 6.32. The van der Waals surface area contributed by atoms with Crippen LogP contribution in [0.3, 0.4) is 0 Å². The van der Waals surface area contributed by atoms with Gasteiger partial charge in [0.05, 0.1) is 12.8 Å². The van der Waals surface area contributed by atoms with Crippen molar-refractivity contribution in [1.82, 2.24) is 9.38 Å². The number of aryl methyl sites for hydroxylation is 2. The van der Waals surface area contributed by atoms with Gasteiger partial charge in [-0.1, -0.05) is 0 Å². The zero-order valence-electron chi connectivity index (χ0n) is 12.4. The van der Waals surface area contributed by atoms with E-state index in [9.17, 15) is 0 Å². The minimum absolute atomic E-state index is 0.499. The minimum atomic E-state index is 0.499. The number of fused-ring (bicyclic) bond motifs is 1. The number of pyridine rings is 1. The van der Waals surface area contributed by atoms with Crippen LogP contribution in [0.4, 0.5) is 0 Å². The third-order valence-electron chi connectivity index (χ3n) is 3.75. The van der Waals surface area contributed by atoms with Crippen LogP contribution in [0, 0.1) is 13.8 Å². The molecule has 3 nitrogen and oxygen atoms in total. The Morgan fingerprint density at radius 1 is 1.19 bits per heavy atom. The largest absolute Gasteiger partial charge is 0.496 e. The Morgan fingerprint density at radius 2 is 2.00 bits per heavy atom. The molecule has 108 valence electrons. The topological polar surface area (TPSA) is 26.5 Å². The summed E-state index contributed by atoms with van der Waals surface area (Å²) in [7, 11) is 1.69. The molecule has 0 saturated carbocycles. The zero-order valence-corrected chi connectivity index (χ0v) is 13.1. The molecule has 0 spiro atoms. The van der Waals surface area contributed by atoms with Crippen LogP contribution >= 0.6 is 11.6 Å². The number of methoxy groups -OCH3 is 1. The smallest absolute Gasteiger partial charge is 0.137 e. The molecule has 3 aromatic rings. The highest BCUT2D eigenvalue weighted by Crippen LogP contribution is 2.28. The van der Waals surface area contributed by atoms with E-state index in [0.717, 1.165) is 39.5 Å². The number of hydrogen-bond donors (Lipinski definition) is 0. The maximum Gasteiger partial charge on any atom is 0.137 e. The molecular formula is C17H17ClN2O. The van der Waals surface area contributed by atoms with E-state index in [1.54, 1.807) is 7.11 Å². The molecule has 2 heterocycles. The Labute approximate surface area is 129 Å². The average Bonchev–Trinajstić information content (AvgIpc) is 2.83.